The summed E-state index contributed by atoms with van der Waals surface area (Å²) in [6, 6.07) is 10.4. The van der Waals surface area contributed by atoms with Crippen molar-refractivity contribution in [1.29, 1.82) is 0 Å². The van der Waals surface area contributed by atoms with Crippen LogP contribution in [0.2, 0.25) is 5.02 Å². The number of halogens is 2. The molecule has 2 aromatic rings. The van der Waals surface area contributed by atoms with Gasteiger partial charge >= 0.3 is 0 Å². The Hall–Kier alpha value is -0.900. The zero-order chi connectivity index (χ0) is 14.1. The molecule has 0 saturated carbocycles. The Balaban J connectivity index is 2.01. The molecule has 3 rings (SSSR count). The third-order valence-electron chi connectivity index (χ3n) is 4.01. The number of nitrogens with one attached hydrogen (secondary N) is 1. The highest BCUT2D eigenvalue weighted by molar-refractivity contribution is 9.10. The predicted octanol–water partition coefficient (Wildman–Crippen LogP) is 4.49. The van der Waals surface area contributed by atoms with E-state index in [2.05, 4.69) is 38.4 Å². The van der Waals surface area contributed by atoms with Crippen molar-refractivity contribution < 1.29 is 0 Å². The van der Waals surface area contributed by atoms with Crippen molar-refractivity contribution in [3.63, 3.8) is 0 Å². The molecular weight excluding hydrogens is 336 g/mol. The summed E-state index contributed by atoms with van der Waals surface area (Å²) in [7, 11) is 1.99. The lowest BCUT2D eigenvalue weighted by Gasteiger charge is -2.25. The van der Waals surface area contributed by atoms with Crippen molar-refractivity contribution in [2.75, 3.05) is 7.05 Å². The van der Waals surface area contributed by atoms with Gasteiger partial charge in [-0.1, -0.05) is 33.6 Å². The average Bonchev–Trinajstić information content (AvgIpc) is 2.88. The largest absolute Gasteiger partial charge is 0.312 e. The summed E-state index contributed by atoms with van der Waals surface area (Å²) in [5, 5.41) is 4.23. The zero-order valence-corrected chi connectivity index (χ0v) is 13.6. The van der Waals surface area contributed by atoms with Crippen LogP contribution in [0.3, 0.4) is 0 Å². The van der Waals surface area contributed by atoms with Crippen molar-refractivity contribution in [1.82, 2.24) is 10.3 Å². The van der Waals surface area contributed by atoms with Gasteiger partial charge in [0, 0.05) is 33.3 Å². The van der Waals surface area contributed by atoms with E-state index in [9.17, 15) is 0 Å². The molecule has 1 aliphatic rings. The highest BCUT2D eigenvalue weighted by Gasteiger charge is 2.32. The van der Waals surface area contributed by atoms with E-state index in [4.69, 9.17) is 11.6 Å². The van der Waals surface area contributed by atoms with E-state index in [0.717, 1.165) is 27.9 Å². The van der Waals surface area contributed by atoms with E-state index >= 15 is 0 Å². The fourth-order valence-corrected chi connectivity index (χ4v) is 3.71. The molecular formula is C16H16BrClN2. The van der Waals surface area contributed by atoms with E-state index < -0.39 is 0 Å². The molecule has 1 aromatic carbocycles. The SMILES string of the molecule is CNC(c1cc(Br)ccc1Cl)C1CCc2cccnc21. The maximum absolute atomic E-state index is 6.39. The Bertz CT molecular complexity index is 630. The zero-order valence-electron chi connectivity index (χ0n) is 11.2. The third kappa shape index (κ3) is 2.50. The summed E-state index contributed by atoms with van der Waals surface area (Å²) in [5.41, 5.74) is 3.71. The first-order chi connectivity index (χ1) is 9.70. The predicted molar refractivity (Wildman–Crippen MR) is 86.3 cm³/mol. The van der Waals surface area contributed by atoms with Gasteiger partial charge in [-0.3, -0.25) is 4.98 Å². The van der Waals surface area contributed by atoms with E-state index in [0.29, 0.717) is 5.92 Å². The maximum atomic E-state index is 6.39. The smallest absolute Gasteiger partial charge is 0.0485 e. The highest BCUT2D eigenvalue weighted by Crippen LogP contribution is 2.42. The quantitative estimate of drug-likeness (QED) is 0.881. The number of aromatic nitrogens is 1. The van der Waals surface area contributed by atoms with Gasteiger partial charge in [-0.2, -0.15) is 0 Å². The van der Waals surface area contributed by atoms with Crippen LogP contribution >= 0.6 is 27.5 Å². The number of pyridine rings is 1. The molecule has 1 N–H and O–H groups in total. The molecule has 1 aromatic heterocycles. The molecule has 2 nitrogen and oxygen atoms in total. The molecule has 2 atom stereocenters. The summed E-state index contributed by atoms with van der Waals surface area (Å²) >= 11 is 9.93. The minimum absolute atomic E-state index is 0.191. The second-order valence-corrected chi connectivity index (χ2v) is 6.45. The molecule has 0 amide bonds. The van der Waals surface area contributed by atoms with Gasteiger partial charge in [-0.15, -0.1) is 0 Å². The number of nitrogens with zero attached hydrogens (tertiary/aromatic N) is 1. The average molecular weight is 352 g/mol. The highest BCUT2D eigenvalue weighted by atomic mass is 79.9. The minimum Gasteiger partial charge on any atom is -0.312 e. The maximum Gasteiger partial charge on any atom is 0.0485 e. The topological polar surface area (TPSA) is 24.9 Å². The van der Waals surface area contributed by atoms with Crippen molar-refractivity contribution in [2.24, 2.45) is 0 Å². The van der Waals surface area contributed by atoms with E-state index in [1.807, 2.05) is 31.4 Å². The monoisotopic (exact) mass is 350 g/mol. The molecule has 4 heteroatoms. The minimum atomic E-state index is 0.191. The van der Waals surface area contributed by atoms with Crippen LogP contribution in [0, 0.1) is 0 Å². The summed E-state index contributed by atoms with van der Waals surface area (Å²) in [6.45, 7) is 0. The van der Waals surface area contributed by atoms with E-state index in [1.54, 1.807) is 0 Å². The van der Waals surface area contributed by atoms with Gasteiger partial charge in [0.2, 0.25) is 0 Å². The third-order valence-corrected chi connectivity index (χ3v) is 4.85. The summed E-state index contributed by atoms with van der Waals surface area (Å²) < 4.78 is 1.05. The molecule has 0 saturated heterocycles. The number of likely N-dealkylation sites (N-methyl/N-ethyl adjacent to an activating group) is 1. The first-order valence-electron chi connectivity index (χ1n) is 6.76. The van der Waals surface area contributed by atoms with Crippen LogP contribution in [0.4, 0.5) is 0 Å². The molecule has 0 radical (unpaired) electrons. The molecule has 0 fully saturated rings. The number of hydrogen-bond acceptors (Lipinski definition) is 2. The Labute approximate surface area is 132 Å². The lowest BCUT2D eigenvalue weighted by molar-refractivity contribution is 0.470. The normalized spacial score (nSPS) is 18.9. The van der Waals surface area contributed by atoms with Crippen LogP contribution < -0.4 is 5.32 Å². The fourth-order valence-electron chi connectivity index (χ4n) is 3.09. The van der Waals surface area contributed by atoms with Crippen LogP contribution in [-0.2, 0) is 6.42 Å². The van der Waals surface area contributed by atoms with E-state index in [1.165, 1.54) is 11.3 Å². The second kappa shape index (κ2) is 5.84. The van der Waals surface area contributed by atoms with Crippen LogP contribution in [-0.4, -0.2) is 12.0 Å². The number of aryl methyl sites for hydroxylation is 1. The van der Waals surface area contributed by atoms with Gasteiger partial charge in [-0.25, -0.2) is 0 Å². The molecule has 2 unspecified atom stereocenters. The Morgan fingerprint density at radius 2 is 2.25 bits per heavy atom. The van der Waals surface area contributed by atoms with Crippen LogP contribution in [0.15, 0.2) is 41.0 Å². The lowest BCUT2D eigenvalue weighted by atomic mass is 9.91. The summed E-state index contributed by atoms with van der Waals surface area (Å²) in [4.78, 5) is 4.59. The Kier molecular flexibility index (Phi) is 4.11. The van der Waals surface area contributed by atoms with Crippen molar-refractivity contribution >= 4 is 27.5 Å². The van der Waals surface area contributed by atoms with Gasteiger partial charge in [0.1, 0.15) is 0 Å². The lowest BCUT2D eigenvalue weighted by Crippen LogP contribution is -2.23. The van der Waals surface area contributed by atoms with Gasteiger partial charge < -0.3 is 5.32 Å². The van der Waals surface area contributed by atoms with Crippen molar-refractivity contribution in [2.45, 2.75) is 24.8 Å². The Morgan fingerprint density at radius 3 is 3.05 bits per heavy atom. The summed E-state index contributed by atoms with van der Waals surface area (Å²) in [6.07, 6.45) is 4.09. The molecule has 0 bridgehead atoms. The second-order valence-electron chi connectivity index (χ2n) is 5.13. The fraction of sp³-hybridized carbons (Fsp3) is 0.312. The van der Waals surface area contributed by atoms with Gasteiger partial charge in [-0.05, 0) is 55.3 Å². The van der Waals surface area contributed by atoms with Gasteiger partial charge in [0.05, 0.1) is 0 Å². The molecule has 104 valence electrons. The van der Waals surface area contributed by atoms with Crippen molar-refractivity contribution in [3.8, 4) is 0 Å². The molecule has 1 heterocycles. The molecule has 0 aliphatic heterocycles. The number of rotatable bonds is 3. The number of benzene rings is 1. The van der Waals surface area contributed by atoms with Gasteiger partial charge in [0.25, 0.3) is 0 Å². The Morgan fingerprint density at radius 1 is 1.40 bits per heavy atom. The van der Waals surface area contributed by atoms with Crippen molar-refractivity contribution in [3.05, 3.63) is 62.8 Å². The first kappa shape index (κ1) is 14.1. The molecule has 1 aliphatic carbocycles. The van der Waals surface area contributed by atoms with Crippen LogP contribution in [0.5, 0.6) is 0 Å². The standard InChI is InChI=1S/C16H16BrClN2/c1-19-16(13-9-11(17)5-7-14(13)18)12-6-4-10-3-2-8-20-15(10)12/h2-3,5,7-9,12,16,19H,4,6H2,1H3. The number of hydrogen-bond donors (Lipinski definition) is 1. The first-order valence-corrected chi connectivity index (χ1v) is 7.94. The molecule has 20 heavy (non-hydrogen) atoms. The summed E-state index contributed by atoms with van der Waals surface area (Å²) in [5.74, 6) is 0.378. The number of fused-ring (bicyclic) bond motifs is 1. The van der Waals surface area contributed by atoms with Crippen LogP contribution in [0.1, 0.15) is 35.2 Å². The van der Waals surface area contributed by atoms with E-state index in [-0.39, 0.29) is 6.04 Å². The molecule has 0 spiro atoms. The van der Waals surface area contributed by atoms with Crippen LogP contribution in [0.25, 0.3) is 0 Å². The van der Waals surface area contributed by atoms with Gasteiger partial charge in [0.15, 0.2) is 0 Å².